The molecule has 1 saturated heterocycles. The fraction of sp³-hybridized carbons (Fsp3) is 0.310. The first-order chi connectivity index (χ1) is 17.7. The number of amides is 2. The molecule has 3 aromatic carbocycles. The average molecular weight is 484 g/mol. The highest BCUT2D eigenvalue weighted by atomic mass is 16.5. The van der Waals surface area contributed by atoms with E-state index in [1.165, 1.54) is 11.1 Å². The predicted octanol–water partition coefficient (Wildman–Crippen LogP) is 4.16. The van der Waals surface area contributed by atoms with E-state index in [0.717, 1.165) is 55.2 Å². The summed E-state index contributed by atoms with van der Waals surface area (Å²) in [6.07, 6.45) is 0.799. The number of hydrogen-bond acceptors (Lipinski definition) is 4. The average Bonchev–Trinajstić information content (AvgIpc) is 3.26. The smallest absolute Gasteiger partial charge is 0.317 e. The number of benzene rings is 3. The van der Waals surface area contributed by atoms with Crippen LogP contribution in [0, 0.1) is 0 Å². The van der Waals surface area contributed by atoms with Gasteiger partial charge in [-0.15, -0.1) is 0 Å². The van der Waals surface area contributed by atoms with Crippen molar-refractivity contribution in [2.24, 2.45) is 0 Å². The Bertz CT molecular complexity index is 1280. The third kappa shape index (κ3) is 5.69. The van der Waals surface area contributed by atoms with Gasteiger partial charge in [0.05, 0.1) is 24.7 Å². The monoisotopic (exact) mass is 483 g/mol. The van der Waals surface area contributed by atoms with Crippen LogP contribution in [0.25, 0.3) is 11.0 Å². The normalized spacial score (nSPS) is 14.2. The van der Waals surface area contributed by atoms with Gasteiger partial charge in [-0.25, -0.2) is 9.78 Å². The Morgan fingerprint density at radius 1 is 0.861 bits per heavy atom. The van der Waals surface area contributed by atoms with Crippen LogP contribution in [0.4, 0.5) is 4.79 Å². The zero-order valence-electron chi connectivity index (χ0n) is 20.8. The van der Waals surface area contributed by atoms with E-state index in [1.54, 1.807) is 7.11 Å². The molecule has 1 aliphatic heterocycles. The van der Waals surface area contributed by atoms with Gasteiger partial charge >= 0.3 is 6.03 Å². The molecule has 0 atom stereocenters. The largest absolute Gasteiger partial charge is 0.497 e. The Balaban J connectivity index is 1.15. The highest BCUT2D eigenvalue weighted by Gasteiger charge is 2.22. The number of carbonyl (C=O) groups excluding carboxylic acids is 1. The van der Waals surface area contributed by atoms with Gasteiger partial charge < -0.3 is 19.5 Å². The van der Waals surface area contributed by atoms with Crippen LogP contribution in [0.15, 0.2) is 78.9 Å². The van der Waals surface area contributed by atoms with Gasteiger partial charge in [-0.2, -0.15) is 0 Å². The molecule has 2 heterocycles. The van der Waals surface area contributed by atoms with E-state index < -0.39 is 0 Å². The summed E-state index contributed by atoms with van der Waals surface area (Å²) in [7, 11) is 1.66. The second-order valence-electron chi connectivity index (χ2n) is 9.18. The SMILES string of the molecule is COc1ccc(CCNC(=O)N2CCN(Cc3nc4ccccc4n3Cc3ccccc3)CC2)cc1. The molecule has 1 aliphatic rings. The number of para-hydroxylation sites is 2. The number of hydrogen-bond donors (Lipinski definition) is 1. The molecule has 1 fully saturated rings. The van der Waals surface area contributed by atoms with E-state index in [-0.39, 0.29) is 6.03 Å². The van der Waals surface area contributed by atoms with Crippen molar-refractivity contribution in [3.63, 3.8) is 0 Å². The molecular weight excluding hydrogens is 450 g/mol. The lowest BCUT2D eigenvalue weighted by Crippen LogP contribution is -2.51. The van der Waals surface area contributed by atoms with Crippen molar-refractivity contribution in [3.8, 4) is 5.75 Å². The number of urea groups is 1. The summed E-state index contributed by atoms with van der Waals surface area (Å²) >= 11 is 0. The lowest BCUT2D eigenvalue weighted by molar-refractivity contribution is 0.133. The first-order valence-corrected chi connectivity index (χ1v) is 12.6. The molecule has 7 nitrogen and oxygen atoms in total. The molecule has 7 heteroatoms. The first kappa shape index (κ1) is 23.9. The lowest BCUT2D eigenvalue weighted by Gasteiger charge is -2.34. The minimum Gasteiger partial charge on any atom is -0.497 e. The number of imidazole rings is 1. The van der Waals surface area contributed by atoms with E-state index >= 15 is 0 Å². The third-order valence-corrected chi connectivity index (χ3v) is 6.79. The molecule has 0 radical (unpaired) electrons. The Morgan fingerprint density at radius 2 is 1.58 bits per heavy atom. The summed E-state index contributed by atoms with van der Waals surface area (Å²) in [5, 5.41) is 3.07. The van der Waals surface area contributed by atoms with E-state index in [4.69, 9.17) is 9.72 Å². The molecule has 1 aromatic heterocycles. The molecule has 186 valence electrons. The van der Waals surface area contributed by atoms with Crippen molar-refractivity contribution >= 4 is 17.1 Å². The number of nitrogens with zero attached hydrogens (tertiary/aromatic N) is 4. The van der Waals surface area contributed by atoms with Crippen LogP contribution < -0.4 is 10.1 Å². The number of methoxy groups -OCH3 is 1. The molecular formula is C29H33N5O2. The number of piperazine rings is 1. The molecule has 0 saturated carbocycles. The van der Waals surface area contributed by atoms with Crippen LogP contribution in [-0.4, -0.2) is 65.2 Å². The summed E-state index contributed by atoms with van der Waals surface area (Å²) < 4.78 is 7.52. The molecule has 0 unspecified atom stereocenters. The summed E-state index contributed by atoms with van der Waals surface area (Å²) in [6, 6.07) is 26.8. The second-order valence-corrected chi connectivity index (χ2v) is 9.18. The maximum atomic E-state index is 12.7. The Labute approximate surface area is 212 Å². The number of aromatic nitrogens is 2. The lowest BCUT2D eigenvalue weighted by atomic mass is 10.1. The fourth-order valence-electron chi connectivity index (χ4n) is 4.72. The highest BCUT2D eigenvalue weighted by Crippen LogP contribution is 2.20. The Hall–Kier alpha value is -3.84. The Morgan fingerprint density at radius 3 is 2.33 bits per heavy atom. The molecule has 0 aliphatic carbocycles. The van der Waals surface area contributed by atoms with Gasteiger partial charge in [-0.1, -0.05) is 54.6 Å². The van der Waals surface area contributed by atoms with Crippen LogP contribution in [0.5, 0.6) is 5.75 Å². The van der Waals surface area contributed by atoms with E-state index in [9.17, 15) is 4.79 Å². The van der Waals surface area contributed by atoms with Crippen molar-refractivity contribution < 1.29 is 9.53 Å². The summed E-state index contributed by atoms with van der Waals surface area (Å²) in [5.41, 5.74) is 4.63. The van der Waals surface area contributed by atoms with Crippen molar-refractivity contribution in [2.45, 2.75) is 19.5 Å². The minimum absolute atomic E-state index is 0.0134. The third-order valence-electron chi connectivity index (χ3n) is 6.79. The first-order valence-electron chi connectivity index (χ1n) is 12.6. The number of nitrogens with one attached hydrogen (secondary N) is 1. The quantitative estimate of drug-likeness (QED) is 0.409. The summed E-state index contributed by atoms with van der Waals surface area (Å²) in [4.78, 5) is 22.0. The van der Waals surface area contributed by atoms with Crippen LogP contribution in [0.3, 0.4) is 0 Å². The van der Waals surface area contributed by atoms with Crippen LogP contribution >= 0.6 is 0 Å². The highest BCUT2D eigenvalue weighted by molar-refractivity contribution is 5.76. The van der Waals surface area contributed by atoms with Crippen LogP contribution in [0.2, 0.25) is 0 Å². The number of fused-ring (bicyclic) bond motifs is 1. The maximum absolute atomic E-state index is 12.7. The van der Waals surface area contributed by atoms with Crippen molar-refractivity contribution in [2.75, 3.05) is 39.8 Å². The minimum atomic E-state index is 0.0134. The molecule has 2 amide bonds. The standard InChI is InChI=1S/C29H33N5O2/c1-36-25-13-11-23(12-14-25)15-16-30-29(35)33-19-17-32(18-20-33)22-28-31-26-9-5-6-10-27(26)34(28)21-24-7-3-2-4-8-24/h2-14H,15-22H2,1H3,(H,30,35). The molecule has 0 bridgehead atoms. The van der Waals surface area contributed by atoms with Gasteiger partial charge in [0, 0.05) is 39.3 Å². The van der Waals surface area contributed by atoms with Crippen LogP contribution in [0.1, 0.15) is 17.0 Å². The number of carbonyl (C=O) groups is 1. The van der Waals surface area contributed by atoms with Gasteiger partial charge in [0.2, 0.25) is 0 Å². The summed E-state index contributed by atoms with van der Waals surface area (Å²) in [6.45, 7) is 5.29. The zero-order valence-corrected chi connectivity index (χ0v) is 20.8. The maximum Gasteiger partial charge on any atom is 0.317 e. The van der Waals surface area contributed by atoms with E-state index in [1.807, 2.05) is 41.3 Å². The van der Waals surface area contributed by atoms with Gasteiger partial charge in [0.1, 0.15) is 11.6 Å². The van der Waals surface area contributed by atoms with Gasteiger partial charge in [-0.05, 0) is 41.8 Å². The summed E-state index contributed by atoms with van der Waals surface area (Å²) in [5.74, 6) is 1.91. The van der Waals surface area contributed by atoms with Gasteiger partial charge in [0.25, 0.3) is 0 Å². The number of rotatable bonds is 8. The van der Waals surface area contributed by atoms with E-state index in [0.29, 0.717) is 19.6 Å². The molecule has 4 aromatic rings. The van der Waals surface area contributed by atoms with Crippen LogP contribution in [-0.2, 0) is 19.5 Å². The van der Waals surface area contributed by atoms with Crippen molar-refractivity contribution in [1.29, 1.82) is 0 Å². The predicted molar refractivity (Wildman–Crippen MR) is 142 cm³/mol. The topological polar surface area (TPSA) is 62.6 Å². The van der Waals surface area contributed by atoms with Crippen molar-refractivity contribution in [1.82, 2.24) is 24.7 Å². The van der Waals surface area contributed by atoms with Gasteiger partial charge in [0.15, 0.2) is 0 Å². The molecule has 0 spiro atoms. The van der Waals surface area contributed by atoms with Gasteiger partial charge in [-0.3, -0.25) is 4.90 Å². The number of ether oxygens (including phenoxy) is 1. The van der Waals surface area contributed by atoms with Crippen molar-refractivity contribution in [3.05, 3.63) is 95.8 Å². The fourth-order valence-corrected chi connectivity index (χ4v) is 4.72. The zero-order chi connectivity index (χ0) is 24.7. The van der Waals surface area contributed by atoms with E-state index in [2.05, 4.69) is 57.2 Å². The Kier molecular flexibility index (Phi) is 7.47. The molecule has 36 heavy (non-hydrogen) atoms. The molecule has 1 N–H and O–H groups in total. The molecule has 5 rings (SSSR count). The second kappa shape index (κ2) is 11.3.